The molecule has 4 rings (SSSR count). The molecular formula is C22H17N3O5S. The van der Waals surface area contributed by atoms with E-state index in [0.29, 0.717) is 22.0 Å². The number of aromatic nitrogens is 1. The lowest BCUT2D eigenvalue weighted by Crippen LogP contribution is -2.11. The molecule has 1 N–H and O–H groups in total. The first-order chi connectivity index (χ1) is 14.8. The van der Waals surface area contributed by atoms with Crippen LogP contribution in [0, 0.1) is 10.1 Å². The second-order valence-corrected chi connectivity index (χ2v) is 8.70. The molecule has 0 bridgehead atoms. The molecule has 3 aromatic carbocycles. The fraction of sp³-hybridized carbons (Fsp3) is 0.0455. The number of nitrogens with zero attached hydrogens (tertiary/aromatic N) is 2. The van der Waals surface area contributed by atoms with Gasteiger partial charge in [-0.1, -0.05) is 36.4 Å². The predicted molar refractivity (Wildman–Crippen MR) is 117 cm³/mol. The molecule has 0 saturated heterocycles. The third-order valence-corrected chi connectivity index (χ3v) is 6.43. The van der Waals surface area contributed by atoms with Crippen LogP contribution in [0.2, 0.25) is 0 Å². The van der Waals surface area contributed by atoms with Gasteiger partial charge in [-0.25, -0.2) is 12.4 Å². The summed E-state index contributed by atoms with van der Waals surface area (Å²) >= 11 is 0. The third kappa shape index (κ3) is 3.78. The summed E-state index contributed by atoms with van der Waals surface area (Å²) in [5.41, 5.74) is 1.37. The number of carbonyl (C=O) groups excluding carboxylic acids is 1. The highest BCUT2D eigenvalue weighted by molar-refractivity contribution is 7.90. The van der Waals surface area contributed by atoms with Crippen molar-refractivity contribution >= 4 is 38.2 Å². The van der Waals surface area contributed by atoms with E-state index >= 15 is 0 Å². The van der Waals surface area contributed by atoms with Gasteiger partial charge in [-0.15, -0.1) is 0 Å². The van der Waals surface area contributed by atoms with Gasteiger partial charge in [-0.3, -0.25) is 14.9 Å². The smallest absolute Gasteiger partial charge is 0.272 e. The van der Waals surface area contributed by atoms with Crippen LogP contribution >= 0.6 is 0 Å². The lowest BCUT2D eigenvalue weighted by molar-refractivity contribution is -0.384. The maximum absolute atomic E-state index is 13.3. The second kappa shape index (κ2) is 7.69. The summed E-state index contributed by atoms with van der Waals surface area (Å²) in [5.74, 6) is -0.375. The van der Waals surface area contributed by atoms with Gasteiger partial charge in [0.05, 0.1) is 15.3 Å². The normalized spacial score (nSPS) is 11.4. The number of amides is 1. The Morgan fingerprint density at radius 2 is 1.68 bits per heavy atom. The van der Waals surface area contributed by atoms with E-state index in [1.165, 1.54) is 41.4 Å². The molecule has 0 atom stereocenters. The largest absolute Gasteiger partial charge is 0.326 e. The summed E-state index contributed by atoms with van der Waals surface area (Å²) in [5, 5.41) is 14.6. The molecule has 1 amide bonds. The highest BCUT2D eigenvalue weighted by atomic mass is 32.2. The number of carbonyl (C=O) groups is 1. The quantitative estimate of drug-likeness (QED) is 0.369. The van der Waals surface area contributed by atoms with E-state index in [4.69, 9.17) is 0 Å². The zero-order chi connectivity index (χ0) is 22.2. The van der Waals surface area contributed by atoms with Crippen LogP contribution in [-0.2, 0) is 14.8 Å². The van der Waals surface area contributed by atoms with Crippen molar-refractivity contribution in [3.63, 3.8) is 0 Å². The highest BCUT2D eigenvalue weighted by Gasteiger charge is 2.22. The number of benzene rings is 3. The third-order valence-electron chi connectivity index (χ3n) is 4.74. The Morgan fingerprint density at radius 3 is 2.35 bits per heavy atom. The van der Waals surface area contributed by atoms with E-state index in [1.807, 2.05) is 0 Å². The number of anilines is 1. The van der Waals surface area contributed by atoms with E-state index in [9.17, 15) is 23.3 Å². The zero-order valence-electron chi connectivity index (χ0n) is 16.3. The first kappa shape index (κ1) is 20.3. The van der Waals surface area contributed by atoms with E-state index < -0.39 is 14.9 Å². The molecule has 0 unspecified atom stereocenters. The average molecular weight is 435 g/mol. The van der Waals surface area contributed by atoms with Crippen molar-refractivity contribution in [2.45, 2.75) is 11.8 Å². The van der Waals surface area contributed by atoms with Crippen LogP contribution in [-0.4, -0.2) is 23.2 Å². The van der Waals surface area contributed by atoms with E-state index in [2.05, 4.69) is 5.32 Å². The van der Waals surface area contributed by atoms with Crippen LogP contribution in [0.3, 0.4) is 0 Å². The lowest BCUT2D eigenvalue weighted by atomic mass is 10.0. The molecule has 0 fully saturated rings. The van der Waals surface area contributed by atoms with Crippen LogP contribution in [0.5, 0.6) is 0 Å². The Labute approximate surface area is 178 Å². The number of nitro benzene ring substituents is 1. The van der Waals surface area contributed by atoms with Crippen molar-refractivity contribution in [2.24, 2.45) is 0 Å². The van der Waals surface area contributed by atoms with Gasteiger partial charge in [0.25, 0.3) is 15.7 Å². The minimum Gasteiger partial charge on any atom is -0.326 e. The van der Waals surface area contributed by atoms with Crippen LogP contribution in [0.1, 0.15) is 6.92 Å². The topological polar surface area (TPSA) is 111 Å². The molecular weight excluding hydrogens is 418 g/mol. The number of nitro groups is 1. The first-order valence-electron chi connectivity index (χ1n) is 9.25. The van der Waals surface area contributed by atoms with Crippen molar-refractivity contribution in [2.75, 3.05) is 5.32 Å². The lowest BCUT2D eigenvalue weighted by Gasteiger charge is -2.07. The minimum absolute atomic E-state index is 0.125. The molecule has 0 aliphatic carbocycles. The molecule has 31 heavy (non-hydrogen) atoms. The van der Waals surface area contributed by atoms with Gasteiger partial charge in [0.2, 0.25) is 5.91 Å². The monoisotopic (exact) mass is 435 g/mol. The fourth-order valence-electron chi connectivity index (χ4n) is 3.43. The van der Waals surface area contributed by atoms with E-state index in [0.717, 1.165) is 0 Å². The Kier molecular flexibility index (Phi) is 5.04. The van der Waals surface area contributed by atoms with Gasteiger partial charge in [0, 0.05) is 41.9 Å². The summed E-state index contributed by atoms with van der Waals surface area (Å²) in [6.07, 6.45) is 1.45. The molecule has 1 aromatic heterocycles. The molecule has 0 spiro atoms. The van der Waals surface area contributed by atoms with Gasteiger partial charge < -0.3 is 5.32 Å². The number of non-ortho nitro benzene ring substituents is 1. The van der Waals surface area contributed by atoms with Gasteiger partial charge in [0.1, 0.15) is 0 Å². The summed E-state index contributed by atoms with van der Waals surface area (Å²) in [4.78, 5) is 22.5. The molecule has 1 heterocycles. The Hall–Kier alpha value is -3.98. The average Bonchev–Trinajstić information content (AvgIpc) is 3.14. The fourth-order valence-corrected chi connectivity index (χ4v) is 4.82. The molecule has 4 aromatic rings. The van der Waals surface area contributed by atoms with Crippen molar-refractivity contribution in [1.29, 1.82) is 0 Å². The summed E-state index contributed by atoms with van der Waals surface area (Å²) < 4.78 is 27.7. The molecule has 0 radical (unpaired) electrons. The van der Waals surface area contributed by atoms with Crippen LogP contribution in [0.4, 0.5) is 11.4 Å². The van der Waals surface area contributed by atoms with Crippen molar-refractivity contribution < 1.29 is 18.1 Å². The maximum Gasteiger partial charge on any atom is 0.272 e. The SMILES string of the molecule is CC(=O)Nc1cc(-c2cn(S(=O)(=O)c3ccccc3)c3ccccc23)cc([N+](=O)[O-])c1. The van der Waals surface area contributed by atoms with Crippen molar-refractivity contribution in [1.82, 2.24) is 3.97 Å². The van der Waals surface area contributed by atoms with Crippen molar-refractivity contribution in [3.05, 3.63) is 89.1 Å². The standard InChI is InChI=1S/C22H17N3O5S/c1-15(26)23-17-11-16(12-18(13-17)25(27)28)21-14-24(22-10-6-5-9-20(21)22)31(29,30)19-7-3-2-4-8-19/h2-14H,1H3,(H,23,26). The molecule has 0 saturated carbocycles. The summed E-state index contributed by atoms with van der Waals surface area (Å²) in [6.45, 7) is 1.30. The number of hydrogen-bond acceptors (Lipinski definition) is 5. The zero-order valence-corrected chi connectivity index (χ0v) is 17.2. The molecule has 0 aliphatic heterocycles. The number of fused-ring (bicyclic) bond motifs is 1. The molecule has 8 nitrogen and oxygen atoms in total. The Morgan fingerprint density at radius 1 is 1.00 bits per heavy atom. The molecule has 9 heteroatoms. The molecule has 156 valence electrons. The highest BCUT2D eigenvalue weighted by Crippen LogP contribution is 2.36. The van der Waals surface area contributed by atoms with E-state index in [1.54, 1.807) is 48.5 Å². The van der Waals surface area contributed by atoms with E-state index in [-0.39, 0.29) is 22.2 Å². The predicted octanol–water partition coefficient (Wildman–Crippen LogP) is 4.41. The number of para-hydroxylation sites is 1. The van der Waals surface area contributed by atoms with Gasteiger partial charge >= 0.3 is 0 Å². The van der Waals surface area contributed by atoms with Crippen LogP contribution in [0.25, 0.3) is 22.0 Å². The van der Waals surface area contributed by atoms with Crippen LogP contribution < -0.4 is 5.32 Å². The maximum atomic E-state index is 13.3. The summed E-state index contributed by atoms with van der Waals surface area (Å²) in [7, 11) is -3.90. The van der Waals surface area contributed by atoms with Gasteiger partial charge in [-0.05, 0) is 29.8 Å². The van der Waals surface area contributed by atoms with Gasteiger partial charge in [0.15, 0.2) is 0 Å². The number of hydrogen-bond donors (Lipinski definition) is 1. The van der Waals surface area contributed by atoms with Crippen molar-refractivity contribution in [3.8, 4) is 11.1 Å². The number of nitrogens with one attached hydrogen (secondary N) is 1. The Bertz CT molecular complexity index is 1430. The Balaban J connectivity index is 1.98. The van der Waals surface area contributed by atoms with Crippen LogP contribution in [0.15, 0.2) is 83.9 Å². The molecule has 0 aliphatic rings. The minimum atomic E-state index is -3.90. The number of rotatable bonds is 5. The van der Waals surface area contributed by atoms with Gasteiger partial charge in [-0.2, -0.15) is 0 Å². The first-order valence-corrected chi connectivity index (χ1v) is 10.7. The second-order valence-electron chi connectivity index (χ2n) is 6.88. The summed E-state index contributed by atoms with van der Waals surface area (Å²) in [6, 6.07) is 19.1.